The van der Waals surface area contributed by atoms with Gasteiger partial charge in [0.15, 0.2) is 0 Å². The summed E-state index contributed by atoms with van der Waals surface area (Å²) in [6.07, 6.45) is -0.379. The molecule has 0 aliphatic heterocycles. The highest BCUT2D eigenvalue weighted by Crippen LogP contribution is 2.30. The molecule has 0 bridgehead atoms. The summed E-state index contributed by atoms with van der Waals surface area (Å²) in [5.74, 6) is -0.500. The molecular weight excluding hydrogens is 187 g/mol. The molecule has 14 heavy (non-hydrogen) atoms. The first-order valence-corrected chi connectivity index (χ1v) is 4.28. The molecule has 0 aliphatic carbocycles. The van der Waals surface area contributed by atoms with Crippen molar-refractivity contribution in [3.63, 3.8) is 0 Å². The SMILES string of the molecule is COc1cc(F)cc(O)c1CC(C)O. The van der Waals surface area contributed by atoms with Gasteiger partial charge in [0.1, 0.15) is 17.3 Å². The highest BCUT2D eigenvalue weighted by atomic mass is 19.1. The number of ether oxygens (including phenoxy) is 1. The zero-order chi connectivity index (χ0) is 10.7. The lowest BCUT2D eigenvalue weighted by Crippen LogP contribution is -2.06. The van der Waals surface area contributed by atoms with Crippen LogP contribution in [0.25, 0.3) is 0 Å². The quantitative estimate of drug-likeness (QED) is 0.776. The standard InChI is InChI=1S/C10H13FO3/c1-6(12)3-8-9(13)4-7(11)5-10(8)14-2/h4-6,12-13H,3H2,1-2H3. The van der Waals surface area contributed by atoms with Crippen LogP contribution >= 0.6 is 0 Å². The van der Waals surface area contributed by atoms with E-state index in [1.807, 2.05) is 0 Å². The van der Waals surface area contributed by atoms with Crippen molar-refractivity contribution in [1.82, 2.24) is 0 Å². The number of aromatic hydroxyl groups is 1. The second kappa shape index (κ2) is 4.28. The maximum Gasteiger partial charge on any atom is 0.130 e. The van der Waals surface area contributed by atoms with Crippen molar-refractivity contribution in [2.24, 2.45) is 0 Å². The van der Waals surface area contributed by atoms with Gasteiger partial charge >= 0.3 is 0 Å². The lowest BCUT2D eigenvalue weighted by atomic mass is 10.1. The molecule has 78 valence electrons. The molecule has 0 spiro atoms. The number of aliphatic hydroxyl groups is 1. The molecule has 2 N–H and O–H groups in total. The van der Waals surface area contributed by atoms with Gasteiger partial charge in [0.25, 0.3) is 0 Å². The fourth-order valence-electron chi connectivity index (χ4n) is 1.28. The molecule has 0 heterocycles. The first-order valence-electron chi connectivity index (χ1n) is 4.28. The van der Waals surface area contributed by atoms with Gasteiger partial charge in [0.05, 0.1) is 13.2 Å². The fraction of sp³-hybridized carbons (Fsp3) is 0.400. The Labute approximate surface area is 81.8 Å². The average Bonchev–Trinajstić information content (AvgIpc) is 2.08. The van der Waals surface area contributed by atoms with Crippen LogP contribution in [0.1, 0.15) is 12.5 Å². The molecule has 0 aromatic heterocycles. The van der Waals surface area contributed by atoms with E-state index >= 15 is 0 Å². The van der Waals surface area contributed by atoms with Crippen LogP contribution in [-0.2, 0) is 6.42 Å². The van der Waals surface area contributed by atoms with Crippen molar-refractivity contribution < 1.29 is 19.3 Å². The Balaban J connectivity index is 3.11. The monoisotopic (exact) mass is 200 g/mol. The normalized spacial score (nSPS) is 12.6. The molecule has 1 unspecified atom stereocenters. The first-order chi connectivity index (χ1) is 6.54. The molecule has 1 aromatic carbocycles. The number of hydrogen-bond acceptors (Lipinski definition) is 3. The molecule has 0 amide bonds. The van der Waals surface area contributed by atoms with Crippen LogP contribution in [0.4, 0.5) is 4.39 Å². The van der Waals surface area contributed by atoms with Gasteiger partial charge in [-0.1, -0.05) is 0 Å². The first kappa shape index (κ1) is 10.8. The van der Waals surface area contributed by atoms with Crippen LogP contribution in [0.5, 0.6) is 11.5 Å². The van der Waals surface area contributed by atoms with E-state index in [1.165, 1.54) is 13.2 Å². The molecule has 4 heteroatoms. The fourth-order valence-corrected chi connectivity index (χ4v) is 1.28. The molecular formula is C10H13FO3. The van der Waals surface area contributed by atoms with E-state index in [-0.39, 0.29) is 17.9 Å². The van der Waals surface area contributed by atoms with Gasteiger partial charge in [-0.15, -0.1) is 0 Å². The summed E-state index contributed by atoms with van der Waals surface area (Å²) < 4.78 is 17.7. The van der Waals surface area contributed by atoms with E-state index in [1.54, 1.807) is 6.92 Å². The molecule has 0 fully saturated rings. The van der Waals surface area contributed by atoms with E-state index < -0.39 is 11.9 Å². The summed E-state index contributed by atoms with van der Waals surface area (Å²) in [6.45, 7) is 1.59. The molecule has 0 saturated heterocycles. The number of hydrogen-bond donors (Lipinski definition) is 2. The number of halogens is 1. The molecule has 0 aliphatic rings. The van der Waals surface area contributed by atoms with Crippen LogP contribution in [-0.4, -0.2) is 23.4 Å². The number of rotatable bonds is 3. The van der Waals surface area contributed by atoms with Crippen LogP contribution in [0, 0.1) is 5.82 Å². The number of methoxy groups -OCH3 is 1. The van der Waals surface area contributed by atoms with Crippen LogP contribution < -0.4 is 4.74 Å². The number of benzene rings is 1. The molecule has 1 aromatic rings. The van der Waals surface area contributed by atoms with Crippen molar-refractivity contribution in [2.75, 3.05) is 7.11 Å². The summed E-state index contributed by atoms with van der Waals surface area (Å²) in [5.41, 5.74) is 0.420. The average molecular weight is 200 g/mol. The maximum atomic E-state index is 12.8. The van der Waals surface area contributed by atoms with Crippen molar-refractivity contribution in [3.8, 4) is 11.5 Å². The van der Waals surface area contributed by atoms with Crippen molar-refractivity contribution >= 4 is 0 Å². The van der Waals surface area contributed by atoms with Crippen molar-refractivity contribution in [1.29, 1.82) is 0 Å². The topological polar surface area (TPSA) is 49.7 Å². The zero-order valence-electron chi connectivity index (χ0n) is 8.12. The lowest BCUT2D eigenvalue weighted by Gasteiger charge is -2.11. The molecule has 1 rings (SSSR count). The summed E-state index contributed by atoms with van der Waals surface area (Å²) in [5, 5.41) is 18.6. The highest BCUT2D eigenvalue weighted by Gasteiger charge is 2.13. The number of phenolic OH excluding ortho intramolecular Hbond substituents is 1. The van der Waals surface area contributed by atoms with Gasteiger partial charge in [-0.05, 0) is 6.92 Å². The largest absolute Gasteiger partial charge is 0.507 e. The van der Waals surface area contributed by atoms with E-state index in [4.69, 9.17) is 9.84 Å². The maximum absolute atomic E-state index is 12.8. The Morgan fingerprint density at radius 3 is 2.64 bits per heavy atom. The zero-order valence-corrected chi connectivity index (χ0v) is 8.12. The minimum Gasteiger partial charge on any atom is -0.507 e. The smallest absolute Gasteiger partial charge is 0.130 e. The summed E-state index contributed by atoms with van der Waals surface area (Å²) in [6, 6.07) is 2.18. The highest BCUT2D eigenvalue weighted by molar-refractivity contribution is 5.44. The Hall–Kier alpha value is -1.29. The van der Waals surface area contributed by atoms with Crippen LogP contribution in [0.3, 0.4) is 0 Å². The third-order valence-electron chi connectivity index (χ3n) is 1.87. The summed E-state index contributed by atoms with van der Waals surface area (Å²) >= 11 is 0. The van der Waals surface area contributed by atoms with Crippen molar-refractivity contribution in [3.05, 3.63) is 23.5 Å². The minimum absolute atomic E-state index is 0.192. The van der Waals surface area contributed by atoms with Gasteiger partial charge in [-0.25, -0.2) is 4.39 Å². The predicted octanol–water partition coefficient (Wildman–Crippen LogP) is 1.46. The number of aliphatic hydroxyl groups excluding tert-OH is 1. The Bertz CT molecular complexity index is 323. The second-order valence-corrected chi connectivity index (χ2v) is 3.16. The second-order valence-electron chi connectivity index (χ2n) is 3.16. The Kier molecular flexibility index (Phi) is 3.30. The minimum atomic E-state index is -0.611. The van der Waals surface area contributed by atoms with Crippen LogP contribution in [0.15, 0.2) is 12.1 Å². The Morgan fingerprint density at radius 1 is 1.50 bits per heavy atom. The molecule has 3 nitrogen and oxygen atoms in total. The van der Waals surface area contributed by atoms with E-state index in [2.05, 4.69) is 0 Å². The summed E-state index contributed by atoms with van der Waals surface area (Å²) in [4.78, 5) is 0. The Morgan fingerprint density at radius 2 is 2.14 bits per heavy atom. The van der Waals surface area contributed by atoms with Gasteiger partial charge in [-0.3, -0.25) is 0 Å². The predicted molar refractivity (Wildman–Crippen MR) is 50.0 cm³/mol. The third-order valence-corrected chi connectivity index (χ3v) is 1.87. The molecule has 0 radical (unpaired) electrons. The van der Waals surface area contributed by atoms with Gasteiger partial charge in [0, 0.05) is 24.1 Å². The van der Waals surface area contributed by atoms with Crippen molar-refractivity contribution in [2.45, 2.75) is 19.4 Å². The lowest BCUT2D eigenvalue weighted by molar-refractivity contribution is 0.192. The van der Waals surface area contributed by atoms with E-state index in [0.29, 0.717) is 5.56 Å². The van der Waals surface area contributed by atoms with E-state index in [9.17, 15) is 9.50 Å². The van der Waals surface area contributed by atoms with Crippen LogP contribution in [0.2, 0.25) is 0 Å². The van der Waals surface area contributed by atoms with Gasteiger partial charge < -0.3 is 14.9 Å². The molecule has 0 saturated carbocycles. The number of phenols is 1. The summed E-state index contributed by atoms with van der Waals surface area (Å²) in [7, 11) is 1.39. The third kappa shape index (κ3) is 2.35. The van der Waals surface area contributed by atoms with Gasteiger partial charge in [-0.2, -0.15) is 0 Å². The van der Waals surface area contributed by atoms with E-state index in [0.717, 1.165) is 6.07 Å². The van der Waals surface area contributed by atoms with Gasteiger partial charge in [0.2, 0.25) is 0 Å². The molecule has 1 atom stereocenters.